The summed E-state index contributed by atoms with van der Waals surface area (Å²) in [7, 11) is 0. The Kier molecular flexibility index (Phi) is 3.85. The van der Waals surface area contributed by atoms with E-state index in [0.717, 1.165) is 24.5 Å². The zero-order chi connectivity index (χ0) is 11.5. The average Bonchev–Trinajstić information content (AvgIpc) is 2.25. The van der Waals surface area contributed by atoms with Crippen molar-refractivity contribution >= 4 is 11.6 Å². The molecule has 1 aromatic carbocycles. The second-order valence-corrected chi connectivity index (χ2v) is 5.10. The lowest BCUT2D eigenvalue weighted by atomic mass is 9.94. The van der Waals surface area contributed by atoms with Crippen molar-refractivity contribution in [3.63, 3.8) is 0 Å². The number of rotatable bonds is 3. The van der Waals surface area contributed by atoms with Gasteiger partial charge in [0, 0.05) is 23.7 Å². The van der Waals surface area contributed by atoms with Crippen LogP contribution < -0.4 is 10.6 Å². The topological polar surface area (TPSA) is 24.1 Å². The molecular weight excluding hydrogens is 220 g/mol. The molecule has 0 aliphatic carbocycles. The first-order valence-corrected chi connectivity index (χ1v) is 6.29. The molecule has 0 amide bonds. The summed E-state index contributed by atoms with van der Waals surface area (Å²) in [5, 5.41) is 7.86. The molecule has 1 heterocycles. The van der Waals surface area contributed by atoms with Crippen molar-refractivity contribution in [1.29, 1.82) is 0 Å². The first-order chi connectivity index (χ1) is 7.66. The molecule has 2 nitrogen and oxygen atoms in total. The maximum Gasteiger partial charge on any atom is 0.0449 e. The van der Waals surface area contributed by atoms with Gasteiger partial charge in [0.25, 0.3) is 0 Å². The fraction of sp³-hybridized carbons (Fsp3) is 0.538. The van der Waals surface area contributed by atoms with Crippen LogP contribution in [0.25, 0.3) is 0 Å². The van der Waals surface area contributed by atoms with Crippen molar-refractivity contribution in [3.8, 4) is 0 Å². The van der Waals surface area contributed by atoms with Crippen molar-refractivity contribution in [3.05, 3.63) is 34.3 Å². The van der Waals surface area contributed by atoms with Gasteiger partial charge in [0.15, 0.2) is 0 Å². The molecule has 0 bridgehead atoms. The van der Waals surface area contributed by atoms with Crippen molar-refractivity contribution in [2.45, 2.75) is 32.4 Å². The zero-order valence-electron chi connectivity index (χ0n) is 9.89. The normalized spacial score (nSPS) is 19.9. The molecule has 0 saturated heterocycles. The third-order valence-corrected chi connectivity index (χ3v) is 3.23. The largest absolute Gasteiger partial charge is 0.313 e. The highest BCUT2D eigenvalue weighted by Crippen LogP contribution is 2.25. The van der Waals surface area contributed by atoms with E-state index in [-0.39, 0.29) is 0 Å². The van der Waals surface area contributed by atoms with Gasteiger partial charge < -0.3 is 10.6 Å². The van der Waals surface area contributed by atoms with Gasteiger partial charge in [-0.3, -0.25) is 0 Å². The number of hydrogen-bond acceptors (Lipinski definition) is 2. The Labute approximate surface area is 102 Å². The van der Waals surface area contributed by atoms with Crippen LogP contribution >= 0.6 is 11.6 Å². The van der Waals surface area contributed by atoms with Crippen LogP contribution in [0.1, 0.15) is 31.0 Å². The fourth-order valence-electron chi connectivity index (χ4n) is 2.16. The molecule has 16 heavy (non-hydrogen) atoms. The summed E-state index contributed by atoms with van der Waals surface area (Å²) in [6.45, 7) is 6.36. The molecule has 0 spiro atoms. The number of hydrogen-bond donors (Lipinski definition) is 2. The Morgan fingerprint density at radius 3 is 3.06 bits per heavy atom. The van der Waals surface area contributed by atoms with Crippen LogP contribution in [0.5, 0.6) is 0 Å². The van der Waals surface area contributed by atoms with Gasteiger partial charge in [-0.1, -0.05) is 31.5 Å². The first kappa shape index (κ1) is 11.9. The summed E-state index contributed by atoms with van der Waals surface area (Å²) < 4.78 is 0. The van der Waals surface area contributed by atoms with E-state index in [9.17, 15) is 0 Å². The molecule has 1 atom stereocenters. The Balaban J connectivity index is 2.13. The highest BCUT2D eigenvalue weighted by atomic mass is 35.5. The van der Waals surface area contributed by atoms with Gasteiger partial charge in [0.2, 0.25) is 0 Å². The SMILES string of the molecule is CC(C)NCC1NCCc2cc(Cl)ccc21. The summed E-state index contributed by atoms with van der Waals surface area (Å²) in [4.78, 5) is 0. The van der Waals surface area contributed by atoms with Gasteiger partial charge in [-0.2, -0.15) is 0 Å². The quantitative estimate of drug-likeness (QED) is 0.846. The molecule has 1 aromatic rings. The summed E-state index contributed by atoms with van der Waals surface area (Å²) in [5.41, 5.74) is 2.78. The summed E-state index contributed by atoms with van der Waals surface area (Å²) in [5.74, 6) is 0. The molecule has 1 unspecified atom stereocenters. The molecule has 88 valence electrons. The number of benzene rings is 1. The second-order valence-electron chi connectivity index (χ2n) is 4.66. The molecule has 0 fully saturated rings. The van der Waals surface area contributed by atoms with Crippen molar-refractivity contribution < 1.29 is 0 Å². The molecule has 0 radical (unpaired) electrons. The van der Waals surface area contributed by atoms with E-state index in [1.165, 1.54) is 11.1 Å². The van der Waals surface area contributed by atoms with Gasteiger partial charge in [-0.05, 0) is 36.2 Å². The monoisotopic (exact) mass is 238 g/mol. The predicted molar refractivity (Wildman–Crippen MR) is 69.0 cm³/mol. The van der Waals surface area contributed by atoms with E-state index >= 15 is 0 Å². The lowest BCUT2D eigenvalue weighted by Gasteiger charge is -2.28. The van der Waals surface area contributed by atoms with Gasteiger partial charge in [-0.25, -0.2) is 0 Å². The lowest BCUT2D eigenvalue weighted by molar-refractivity contribution is 0.447. The molecule has 2 rings (SSSR count). The number of fused-ring (bicyclic) bond motifs is 1. The minimum atomic E-state index is 0.420. The van der Waals surface area contributed by atoms with Crippen LogP contribution in [-0.4, -0.2) is 19.1 Å². The molecular formula is C13H19ClN2. The van der Waals surface area contributed by atoms with Crippen LogP contribution in [0.4, 0.5) is 0 Å². The standard InChI is InChI=1S/C13H19ClN2/c1-9(2)16-8-13-12-4-3-11(14)7-10(12)5-6-15-13/h3-4,7,9,13,15-16H,5-6,8H2,1-2H3. The lowest BCUT2D eigenvalue weighted by Crippen LogP contribution is -2.38. The van der Waals surface area contributed by atoms with Crippen LogP contribution in [0, 0.1) is 0 Å². The van der Waals surface area contributed by atoms with Crippen LogP contribution in [0.15, 0.2) is 18.2 Å². The Morgan fingerprint density at radius 2 is 2.31 bits per heavy atom. The fourth-order valence-corrected chi connectivity index (χ4v) is 2.35. The second kappa shape index (κ2) is 5.17. The first-order valence-electron chi connectivity index (χ1n) is 5.92. The summed E-state index contributed by atoms with van der Waals surface area (Å²) in [6, 6.07) is 7.18. The molecule has 0 saturated carbocycles. The van der Waals surface area contributed by atoms with Gasteiger partial charge >= 0.3 is 0 Å². The van der Waals surface area contributed by atoms with Crippen molar-refractivity contribution in [2.24, 2.45) is 0 Å². The van der Waals surface area contributed by atoms with E-state index < -0.39 is 0 Å². The maximum absolute atomic E-state index is 6.02. The van der Waals surface area contributed by atoms with Gasteiger partial charge in [-0.15, -0.1) is 0 Å². The minimum absolute atomic E-state index is 0.420. The average molecular weight is 239 g/mol. The highest BCUT2D eigenvalue weighted by Gasteiger charge is 2.19. The van der Waals surface area contributed by atoms with E-state index in [2.05, 4.69) is 36.6 Å². The third-order valence-electron chi connectivity index (χ3n) is 3.00. The Morgan fingerprint density at radius 1 is 1.50 bits per heavy atom. The third kappa shape index (κ3) is 2.76. The molecule has 3 heteroatoms. The minimum Gasteiger partial charge on any atom is -0.313 e. The van der Waals surface area contributed by atoms with Crippen LogP contribution in [0.2, 0.25) is 5.02 Å². The molecule has 1 aliphatic heterocycles. The van der Waals surface area contributed by atoms with Gasteiger partial charge in [0.1, 0.15) is 0 Å². The van der Waals surface area contributed by atoms with E-state index in [1.54, 1.807) is 0 Å². The number of halogens is 1. The van der Waals surface area contributed by atoms with Crippen molar-refractivity contribution in [2.75, 3.05) is 13.1 Å². The van der Waals surface area contributed by atoms with E-state index in [0.29, 0.717) is 12.1 Å². The Bertz CT molecular complexity index is 363. The predicted octanol–water partition coefficient (Wildman–Crippen LogP) is 2.52. The maximum atomic E-state index is 6.02. The molecule has 2 N–H and O–H groups in total. The summed E-state index contributed by atoms with van der Waals surface area (Å²) in [6.07, 6.45) is 1.08. The van der Waals surface area contributed by atoms with Gasteiger partial charge in [0.05, 0.1) is 0 Å². The highest BCUT2D eigenvalue weighted by molar-refractivity contribution is 6.30. The number of nitrogens with one attached hydrogen (secondary N) is 2. The Hall–Kier alpha value is -0.570. The van der Waals surface area contributed by atoms with Crippen LogP contribution in [-0.2, 0) is 6.42 Å². The van der Waals surface area contributed by atoms with Crippen LogP contribution in [0.3, 0.4) is 0 Å². The molecule has 0 aromatic heterocycles. The van der Waals surface area contributed by atoms with Crippen molar-refractivity contribution in [1.82, 2.24) is 10.6 Å². The molecule has 1 aliphatic rings. The summed E-state index contributed by atoms with van der Waals surface area (Å²) >= 11 is 6.02. The zero-order valence-corrected chi connectivity index (χ0v) is 10.6. The smallest absolute Gasteiger partial charge is 0.0449 e. The van der Waals surface area contributed by atoms with E-state index in [1.807, 2.05) is 6.07 Å². The van der Waals surface area contributed by atoms with E-state index in [4.69, 9.17) is 11.6 Å².